The summed E-state index contributed by atoms with van der Waals surface area (Å²) in [7, 11) is 0. The molecule has 0 aromatic rings. The second-order valence-electron chi connectivity index (χ2n) is 5.25. The van der Waals surface area contributed by atoms with Crippen LogP contribution in [-0.2, 0) is 4.79 Å². The van der Waals surface area contributed by atoms with Gasteiger partial charge in [-0.25, -0.2) is 0 Å². The van der Waals surface area contributed by atoms with Crippen molar-refractivity contribution in [3.8, 4) is 0 Å². The van der Waals surface area contributed by atoms with Gasteiger partial charge in [-0.2, -0.15) is 0 Å². The van der Waals surface area contributed by atoms with Crippen molar-refractivity contribution >= 4 is 5.91 Å². The number of likely N-dealkylation sites (tertiary alicyclic amines) is 1. The van der Waals surface area contributed by atoms with Gasteiger partial charge in [-0.1, -0.05) is 26.7 Å². The number of carbonyl (C=O) groups is 1. The highest BCUT2D eigenvalue weighted by atomic mass is 16.3. The number of aliphatic hydroxyl groups is 1. The SMILES string of the molecule is CCCC(CCC)C(=O)N1CCCC(CO)C1. The van der Waals surface area contributed by atoms with E-state index in [1.54, 1.807) is 0 Å². The standard InChI is InChI=1S/C14H27NO2/c1-3-6-13(7-4-2)14(17)15-9-5-8-12(10-15)11-16/h12-13,16H,3-11H2,1-2H3. The first-order chi connectivity index (χ1) is 8.22. The molecule has 1 aliphatic rings. The van der Waals surface area contributed by atoms with Crippen LogP contribution in [0.15, 0.2) is 0 Å². The lowest BCUT2D eigenvalue weighted by Gasteiger charge is -2.34. The Morgan fingerprint density at radius 3 is 2.53 bits per heavy atom. The second kappa shape index (κ2) is 7.70. The molecule has 1 rings (SSSR count). The summed E-state index contributed by atoms with van der Waals surface area (Å²) < 4.78 is 0. The molecule has 1 N–H and O–H groups in total. The van der Waals surface area contributed by atoms with E-state index in [9.17, 15) is 9.90 Å². The molecule has 3 heteroatoms. The van der Waals surface area contributed by atoms with Crippen molar-refractivity contribution in [3.05, 3.63) is 0 Å². The van der Waals surface area contributed by atoms with Crippen molar-refractivity contribution < 1.29 is 9.90 Å². The van der Waals surface area contributed by atoms with Gasteiger partial charge in [0.25, 0.3) is 0 Å². The quantitative estimate of drug-likeness (QED) is 0.776. The number of carbonyl (C=O) groups excluding carboxylic acids is 1. The average Bonchev–Trinajstić information content (AvgIpc) is 2.38. The minimum absolute atomic E-state index is 0.211. The zero-order valence-corrected chi connectivity index (χ0v) is 11.3. The van der Waals surface area contributed by atoms with E-state index >= 15 is 0 Å². The van der Waals surface area contributed by atoms with Gasteiger partial charge in [0.05, 0.1) is 0 Å². The molecule has 0 bridgehead atoms. The first-order valence-corrected chi connectivity index (χ1v) is 7.12. The molecule has 0 aliphatic carbocycles. The lowest BCUT2D eigenvalue weighted by atomic mass is 9.93. The fourth-order valence-corrected chi connectivity index (χ4v) is 2.76. The van der Waals surface area contributed by atoms with Gasteiger partial charge in [0.1, 0.15) is 0 Å². The van der Waals surface area contributed by atoms with E-state index < -0.39 is 0 Å². The molecule has 1 unspecified atom stereocenters. The van der Waals surface area contributed by atoms with E-state index in [1.165, 1.54) is 0 Å². The molecule has 0 spiro atoms. The van der Waals surface area contributed by atoms with E-state index in [2.05, 4.69) is 13.8 Å². The third-order valence-corrected chi connectivity index (χ3v) is 3.71. The Balaban J connectivity index is 2.53. The van der Waals surface area contributed by atoms with Crippen LogP contribution in [0.2, 0.25) is 0 Å². The van der Waals surface area contributed by atoms with Crippen molar-refractivity contribution in [2.45, 2.75) is 52.4 Å². The summed E-state index contributed by atoms with van der Waals surface area (Å²) in [6.07, 6.45) is 6.27. The largest absolute Gasteiger partial charge is 0.396 e. The molecule has 1 aliphatic heterocycles. The third-order valence-electron chi connectivity index (χ3n) is 3.71. The van der Waals surface area contributed by atoms with Crippen LogP contribution in [0, 0.1) is 11.8 Å². The van der Waals surface area contributed by atoms with Crippen LogP contribution in [0.3, 0.4) is 0 Å². The maximum Gasteiger partial charge on any atom is 0.225 e. The van der Waals surface area contributed by atoms with Crippen LogP contribution in [0.4, 0.5) is 0 Å². The molecule has 100 valence electrons. The lowest BCUT2D eigenvalue weighted by Crippen LogP contribution is -2.43. The minimum atomic E-state index is 0.211. The predicted molar refractivity (Wildman–Crippen MR) is 69.7 cm³/mol. The van der Waals surface area contributed by atoms with Gasteiger partial charge in [0, 0.05) is 25.6 Å². The molecule has 1 atom stereocenters. The van der Waals surface area contributed by atoms with E-state index in [1.807, 2.05) is 4.90 Å². The number of nitrogens with zero attached hydrogens (tertiary/aromatic N) is 1. The van der Waals surface area contributed by atoms with E-state index in [-0.39, 0.29) is 12.5 Å². The van der Waals surface area contributed by atoms with Crippen molar-refractivity contribution in [3.63, 3.8) is 0 Å². The number of hydrogen-bond acceptors (Lipinski definition) is 2. The van der Waals surface area contributed by atoms with Gasteiger partial charge >= 0.3 is 0 Å². The Morgan fingerprint density at radius 1 is 1.35 bits per heavy atom. The van der Waals surface area contributed by atoms with Crippen molar-refractivity contribution in [2.24, 2.45) is 11.8 Å². The summed E-state index contributed by atoms with van der Waals surface area (Å²) in [6.45, 7) is 6.15. The zero-order chi connectivity index (χ0) is 12.7. The van der Waals surface area contributed by atoms with Crippen LogP contribution >= 0.6 is 0 Å². The van der Waals surface area contributed by atoms with Crippen LogP contribution in [-0.4, -0.2) is 35.6 Å². The summed E-state index contributed by atoms with van der Waals surface area (Å²) in [6, 6.07) is 0. The first kappa shape index (κ1) is 14.5. The molecule has 1 amide bonds. The molecular formula is C14H27NO2. The minimum Gasteiger partial charge on any atom is -0.396 e. The number of aliphatic hydroxyl groups excluding tert-OH is 1. The van der Waals surface area contributed by atoms with Crippen LogP contribution in [0.1, 0.15) is 52.4 Å². The molecular weight excluding hydrogens is 214 g/mol. The summed E-state index contributed by atoms with van der Waals surface area (Å²) in [5.41, 5.74) is 0. The molecule has 0 saturated carbocycles. The highest BCUT2D eigenvalue weighted by Crippen LogP contribution is 2.22. The maximum atomic E-state index is 12.4. The predicted octanol–water partition coefficient (Wildman–Crippen LogP) is 2.43. The van der Waals surface area contributed by atoms with Crippen molar-refractivity contribution in [1.82, 2.24) is 4.90 Å². The van der Waals surface area contributed by atoms with Crippen LogP contribution < -0.4 is 0 Å². The summed E-state index contributed by atoms with van der Waals surface area (Å²) >= 11 is 0. The van der Waals surface area contributed by atoms with E-state index in [4.69, 9.17) is 0 Å². The molecule has 0 aromatic carbocycles. The van der Waals surface area contributed by atoms with Crippen molar-refractivity contribution in [2.75, 3.05) is 19.7 Å². The Bertz CT molecular complexity index is 224. The van der Waals surface area contributed by atoms with Crippen LogP contribution in [0.25, 0.3) is 0 Å². The summed E-state index contributed by atoms with van der Waals surface area (Å²) in [5.74, 6) is 0.839. The smallest absolute Gasteiger partial charge is 0.225 e. The van der Waals surface area contributed by atoms with E-state index in [0.29, 0.717) is 11.8 Å². The summed E-state index contributed by atoms with van der Waals surface area (Å²) in [4.78, 5) is 14.4. The lowest BCUT2D eigenvalue weighted by molar-refractivity contribution is -0.138. The molecule has 1 saturated heterocycles. The molecule has 0 aromatic heterocycles. The average molecular weight is 241 g/mol. The normalized spacial score (nSPS) is 20.9. The Hall–Kier alpha value is -0.570. The highest BCUT2D eigenvalue weighted by Gasteiger charge is 2.27. The fraction of sp³-hybridized carbons (Fsp3) is 0.929. The highest BCUT2D eigenvalue weighted by molar-refractivity contribution is 5.78. The topological polar surface area (TPSA) is 40.5 Å². The fourth-order valence-electron chi connectivity index (χ4n) is 2.76. The number of piperidine rings is 1. The molecule has 3 nitrogen and oxygen atoms in total. The van der Waals surface area contributed by atoms with Gasteiger partial charge < -0.3 is 10.0 Å². The van der Waals surface area contributed by atoms with Gasteiger partial charge in [0.2, 0.25) is 5.91 Å². The van der Waals surface area contributed by atoms with Gasteiger partial charge in [-0.15, -0.1) is 0 Å². The van der Waals surface area contributed by atoms with Crippen LogP contribution in [0.5, 0.6) is 0 Å². The molecule has 1 fully saturated rings. The monoisotopic (exact) mass is 241 g/mol. The van der Waals surface area contributed by atoms with Crippen molar-refractivity contribution in [1.29, 1.82) is 0 Å². The Kier molecular flexibility index (Phi) is 6.56. The number of rotatable bonds is 6. The van der Waals surface area contributed by atoms with E-state index in [0.717, 1.165) is 51.6 Å². The number of amides is 1. The second-order valence-corrected chi connectivity index (χ2v) is 5.25. The molecule has 17 heavy (non-hydrogen) atoms. The Labute approximate surface area is 105 Å². The number of hydrogen-bond donors (Lipinski definition) is 1. The van der Waals surface area contributed by atoms with Gasteiger partial charge in [-0.05, 0) is 31.6 Å². The molecule has 1 heterocycles. The third kappa shape index (κ3) is 4.30. The first-order valence-electron chi connectivity index (χ1n) is 7.12. The maximum absolute atomic E-state index is 12.4. The zero-order valence-electron chi connectivity index (χ0n) is 11.3. The Morgan fingerprint density at radius 2 is 2.00 bits per heavy atom. The summed E-state index contributed by atoms with van der Waals surface area (Å²) in [5, 5.41) is 9.20. The van der Waals surface area contributed by atoms with Gasteiger partial charge in [-0.3, -0.25) is 4.79 Å². The van der Waals surface area contributed by atoms with Gasteiger partial charge in [0.15, 0.2) is 0 Å². The molecule has 0 radical (unpaired) electrons.